The Labute approximate surface area is 117 Å². The smallest absolute Gasteiger partial charge is 0.324 e. The van der Waals surface area contributed by atoms with Crippen molar-refractivity contribution in [3.8, 4) is 0 Å². The lowest BCUT2D eigenvalue weighted by molar-refractivity contribution is -0.145. The van der Waals surface area contributed by atoms with Gasteiger partial charge in [0.2, 0.25) is 0 Å². The molecule has 1 aliphatic heterocycles. The van der Waals surface area contributed by atoms with Crippen molar-refractivity contribution >= 4 is 5.97 Å². The second kappa shape index (κ2) is 6.23. The van der Waals surface area contributed by atoms with Crippen LogP contribution in [0.1, 0.15) is 47.5 Å². The number of carboxylic acids is 1. The maximum Gasteiger partial charge on any atom is 0.324 e. The van der Waals surface area contributed by atoms with E-state index in [-0.39, 0.29) is 0 Å². The maximum atomic E-state index is 11.4. The molecule has 1 rings (SSSR count). The van der Waals surface area contributed by atoms with Gasteiger partial charge in [-0.3, -0.25) is 4.79 Å². The van der Waals surface area contributed by atoms with Gasteiger partial charge in [-0.25, -0.2) is 0 Å². The Kier molecular flexibility index (Phi) is 5.39. The van der Waals surface area contributed by atoms with Crippen LogP contribution in [0.5, 0.6) is 0 Å². The van der Waals surface area contributed by atoms with Crippen LogP contribution in [0, 0.1) is 11.3 Å². The molecule has 1 unspecified atom stereocenters. The molecule has 0 bridgehead atoms. The van der Waals surface area contributed by atoms with Crippen LogP contribution in [0.2, 0.25) is 0 Å². The van der Waals surface area contributed by atoms with Crippen molar-refractivity contribution < 1.29 is 9.90 Å². The Hall–Kier alpha value is -0.610. The van der Waals surface area contributed by atoms with E-state index in [1.54, 1.807) is 6.92 Å². The monoisotopic (exact) mass is 270 g/mol. The molecule has 4 nitrogen and oxygen atoms in total. The van der Waals surface area contributed by atoms with Crippen LogP contribution in [0.4, 0.5) is 0 Å². The van der Waals surface area contributed by atoms with Crippen molar-refractivity contribution in [2.24, 2.45) is 11.3 Å². The van der Waals surface area contributed by atoms with Crippen molar-refractivity contribution in [1.82, 2.24) is 10.2 Å². The normalized spacial score (nSPS) is 22.2. The SMILES string of the molecule is CCNC(C)(CN1CCC(C(C)(C)C)CC1)C(=O)O. The zero-order valence-electron chi connectivity index (χ0n) is 13.1. The average Bonchev–Trinajstić information content (AvgIpc) is 2.28. The van der Waals surface area contributed by atoms with Gasteiger partial charge in [-0.2, -0.15) is 0 Å². The van der Waals surface area contributed by atoms with E-state index in [1.807, 2.05) is 6.92 Å². The van der Waals surface area contributed by atoms with Crippen LogP contribution in [0.3, 0.4) is 0 Å². The van der Waals surface area contributed by atoms with Gasteiger partial charge in [0.1, 0.15) is 5.54 Å². The fourth-order valence-electron chi connectivity index (χ4n) is 2.99. The standard InChI is InChI=1S/C15H30N2O2/c1-6-16-15(5,13(18)19)11-17-9-7-12(8-10-17)14(2,3)4/h12,16H,6-11H2,1-5H3,(H,18,19). The maximum absolute atomic E-state index is 11.4. The topological polar surface area (TPSA) is 52.6 Å². The quantitative estimate of drug-likeness (QED) is 0.804. The number of likely N-dealkylation sites (N-methyl/N-ethyl adjacent to an activating group) is 1. The fraction of sp³-hybridized carbons (Fsp3) is 0.933. The molecule has 2 N–H and O–H groups in total. The van der Waals surface area contributed by atoms with Gasteiger partial charge in [-0.1, -0.05) is 27.7 Å². The summed E-state index contributed by atoms with van der Waals surface area (Å²) in [7, 11) is 0. The predicted molar refractivity (Wildman–Crippen MR) is 78.3 cm³/mol. The first-order valence-electron chi connectivity index (χ1n) is 7.40. The van der Waals surface area contributed by atoms with E-state index in [0.29, 0.717) is 18.5 Å². The number of carbonyl (C=O) groups is 1. The van der Waals surface area contributed by atoms with Gasteiger partial charge in [-0.05, 0) is 50.7 Å². The third kappa shape index (κ3) is 4.46. The van der Waals surface area contributed by atoms with E-state index >= 15 is 0 Å². The number of piperidine rings is 1. The van der Waals surface area contributed by atoms with Crippen molar-refractivity contribution in [1.29, 1.82) is 0 Å². The largest absolute Gasteiger partial charge is 0.480 e. The first-order chi connectivity index (χ1) is 8.69. The van der Waals surface area contributed by atoms with Gasteiger partial charge in [-0.15, -0.1) is 0 Å². The Morgan fingerprint density at radius 1 is 1.26 bits per heavy atom. The number of likely N-dealkylation sites (tertiary alicyclic amines) is 1. The Balaban J connectivity index is 2.54. The van der Waals surface area contributed by atoms with E-state index in [0.717, 1.165) is 19.0 Å². The highest BCUT2D eigenvalue weighted by Gasteiger charge is 2.36. The summed E-state index contributed by atoms with van der Waals surface area (Å²) in [6, 6.07) is 0. The number of aliphatic carboxylic acids is 1. The number of hydrogen-bond donors (Lipinski definition) is 2. The van der Waals surface area contributed by atoms with Crippen molar-refractivity contribution in [3.63, 3.8) is 0 Å². The van der Waals surface area contributed by atoms with Gasteiger partial charge in [0.05, 0.1) is 0 Å². The molecule has 0 spiro atoms. The zero-order valence-corrected chi connectivity index (χ0v) is 13.1. The Bertz CT molecular complexity index is 304. The molecule has 0 saturated carbocycles. The van der Waals surface area contributed by atoms with Crippen LogP contribution >= 0.6 is 0 Å². The number of nitrogens with zero attached hydrogens (tertiary/aromatic N) is 1. The number of rotatable bonds is 5. The molecule has 0 aromatic rings. The second-order valence-corrected chi connectivity index (χ2v) is 7.08. The molecule has 1 fully saturated rings. The first-order valence-corrected chi connectivity index (χ1v) is 7.40. The molecule has 0 aromatic carbocycles. The summed E-state index contributed by atoms with van der Waals surface area (Å²) in [6.45, 7) is 13.9. The molecule has 1 aliphatic rings. The highest BCUT2D eigenvalue weighted by atomic mass is 16.4. The minimum Gasteiger partial charge on any atom is -0.480 e. The lowest BCUT2D eigenvalue weighted by Gasteiger charge is -2.41. The van der Waals surface area contributed by atoms with Crippen LogP contribution < -0.4 is 5.32 Å². The molecule has 0 aromatic heterocycles. The Morgan fingerprint density at radius 3 is 2.16 bits per heavy atom. The molecule has 0 aliphatic carbocycles. The van der Waals surface area contributed by atoms with Crippen LogP contribution in [-0.2, 0) is 4.79 Å². The zero-order chi connectivity index (χ0) is 14.7. The highest BCUT2D eigenvalue weighted by molar-refractivity contribution is 5.78. The molecular weight excluding hydrogens is 240 g/mol. The summed E-state index contributed by atoms with van der Waals surface area (Å²) < 4.78 is 0. The highest BCUT2D eigenvalue weighted by Crippen LogP contribution is 2.34. The second-order valence-electron chi connectivity index (χ2n) is 7.08. The molecule has 1 saturated heterocycles. The summed E-state index contributed by atoms with van der Waals surface area (Å²) in [4.78, 5) is 13.7. The minimum atomic E-state index is -0.830. The lowest BCUT2D eigenvalue weighted by Crippen LogP contribution is -2.58. The fourth-order valence-corrected chi connectivity index (χ4v) is 2.99. The number of carboxylic acid groups (broad SMARTS) is 1. The average molecular weight is 270 g/mol. The van der Waals surface area contributed by atoms with Gasteiger partial charge in [0.15, 0.2) is 0 Å². The van der Waals surface area contributed by atoms with Gasteiger partial charge < -0.3 is 15.3 Å². The van der Waals surface area contributed by atoms with E-state index in [1.165, 1.54) is 12.8 Å². The van der Waals surface area contributed by atoms with Crippen molar-refractivity contribution in [2.45, 2.75) is 53.0 Å². The number of hydrogen-bond acceptors (Lipinski definition) is 3. The molecule has 112 valence electrons. The summed E-state index contributed by atoms with van der Waals surface area (Å²) in [5.41, 5.74) is -0.465. The molecule has 1 atom stereocenters. The van der Waals surface area contributed by atoms with Crippen LogP contribution in [-0.4, -0.2) is 47.7 Å². The minimum absolute atomic E-state index is 0.365. The van der Waals surface area contributed by atoms with Crippen LogP contribution in [0.25, 0.3) is 0 Å². The summed E-state index contributed by atoms with van der Waals surface area (Å²) in [6.07, 6.45) is 2.34. The molecule has 0 amide bonds. The predicted octanol–water partition coefficient (Wildman–Crippen LogP) is 2.20. The van der Waals surface area contributed by atoms with Crippen molar-refractivity contribution in [3.05, 3.63) is 0 Å². The third-order valence-corrected chi connectivity index (χ3v) is 4.39. The van der Waals surface area contributed by atoms with Crippen molar-refractivity contribution in [2.75, 3.05) is 26.2 Å². The van der Waals surface area contributed by atoms with Crippen LogP contribution in [0.15, 0.2) is 0 Å². The van der Waals surface area contributed by atoms with E-state index in [9.17, 15) is 9.90 Å². The van der Waals surface area contributed by atoms with Gasteiger partial charge in [0, 0.05) is 6.54 Å². The summed E-state index contributed by atoms with van der Waals surface area (Å²) >= 11 is 0. The molecule has 1 heterocycles. The molecule has 0 radical (unpaired) electrons. The van der Waals surface area contributed by atoms with Gasteiger partial charge >= 0.3 is 5.97 Å². The Morgan fingerprint density at radius 2 is 1.79 bits per heavy atom. The summed E-state index contributed by atoms with van der Waals surface area (Å²) in [5, 5.41) is 12.5. The van der Waals surface area contributed by atoms with E-state index < -0.39 is 11.5 Å². The van der Waals surface area contributed by atoms with E-state index in [2.05, 4.69) is 31.0 Å². The van der Waals surface area contributed by atoms with E-state index in [4.69, 9.17) is 0 Å². The molecular formula is C15H30N2O2. The summed E-state index contributed by atoms with van der Waals surface area (Å²) in [5.74, 6) is -0.00809. The lowest BCUT2D eigenvalue weighted by atomic mass is 9.75. The number of nitrogens with one attached hydrogen (secondary N) is 1. The molecule has 19 heavy (non-hydrogen) atoms. The van der Waals surface area contributed by atoms with Gasteiger partial charge in [0.25, 0.3) is 0 Å². The molecule has 4 heteroatoms. The first kappa shape index (κ1) is 16.4. The third-order valence-electron chi connectivity index (χ3n) is 4.39.